The van der Waals surface area contributed by atoms with E-state index < -0.39 is 0 Å². The van der Waals surface area contributed by atoms with Gasteiger partial charge in [-0.1, -0.05) is 13.8 Å². The zero-order valence-corrected chi connectivity index (χ0v) is 11.1. The first-order valence-electron chi connectivity index (χ1n) is 5.97. The predicted octanol–water partition coefficient (Wildman–Crippen LogP) is 2.47. The molecule has 1 heterocycles. The molecule has 0 aliphatic carbocycles. The maximum absolute atomic E-state index is 8.69. The Hall–Kier alpha value is -1.63. The summed E-state index contributed by atoms with van der Waals surface area (Å²) >= 11 is 0. The van der Waals surface area contributed by atoms with Gasteiger partial charge in [-0.2, -0.15) is 5.26 Å². The summed E-state index contributed by atoms with van der Waals surface area (Å²) in [6, 6.07) is 4.13. The van der Waals surface area contributed by atoms with Crippen molar-refractivity contribution in [1.82, 2.24) is 9.97 Å². The summed E-state index contributed by atoms with van der Waals surface area (Å²) in [6.07, 6.45) is 0.503. The van der Waals surface area contributed by atoms with Gasteiger partial charge in [0.05, 0.1) is 12.5 Å². The van der Waals surface area contributed by atoms with Crippen LogP contribution in [0.3, 0.4) is 0 Å². The van der Waals surface area contributed by atoms with E-state index in [-0.39, 0.29) is 0 Å². The van der Waals surface area contributed by atoms with Crippen LogP contribution in [0.4, 0.5) is 5.95 Å². The van der Waals surface area contributed by atoms with E-state index in [0.29, 0.717) is 18.9 Å². The highest BCUT2D eigenvalue weighted by atomic mass is 15.2. The van der Waals surface area contributed by atoms with Gasteiger partial charge in [-0.15, -0.1) is 0 Å². The van der Waals surface area contributed by atoms with Gasteiger partial charge < -0.3 is 4.90 Å². The Labute approximate surface area is 103 Å². The van der Waals surface area contributed by atoms with E-state index in [4.69, 9.17) is 5.26 Å². The van der Waals surface area contributed by atoms with E-state index >= 15 is 0 Å². The molecule has 0 aliphatic rings. The molecule has 0 saturated carbocycles. The van der Waals surface area contributed by atoms with E-state index in [1.165, 1.54) is 0 Å². The summed E-state index contributed by atoms with van der Waals surface area (Å²) in [4.78, 5) is 11.0. The van der Waals surface area contributed by atoms with Crippen molar-refractivity contribution >= 4 is 5.95 Å². The number of anilines is 1. The molecule has 1 aromatic rings. The Morgan fingerprint density at radius 1 is 1.29 bits per heavy atom. The number of aromatic nitrogens is 2. The molecule has 0 aromatic carbocycles. The van der Waals surface area contributed by atoms with Crippen LogP contribution in [0.25, 0.3) is 0 Å². The molecular formula is C13H20N4. The molecule has 0 fully saturated rings. The van der Waals surface area contributed by atoms with E-state index in [1.54, 1.807) is 0 Å². The highest BCUT2D eigenvalue weighted by Gasteiger charge is 2.11. The second-order valence-electron chi connectivity index (χ2n) is 4.70. The topological polar surface area (TPSA) is 52.8 Å². The average Bonchev–Trinajstić information content (AvgIpc) is 2.22. The van der Waals surface area contributed by atoms with Gasteiger partial charge in [-0.05, 0) is 25.8 Å². The Morgan fingerprint density at radius 2 is 1.88 bits per heavy atom. The quantitative estimate of drug-likeness (QED) is 0.782. The number of nitriles is 1. The monoisotopic (exact) mass is 232 g/mol. The SMILES string of the molecule is Cc1cc(C)nc(N(CCC#N)CC(C)C)n1. The van der Waals surface area contributed by atoms with E-state index in [0.717, 1.165) is 23.9 Å². The standard InChI is InChI=1S/C13H20N4/c1-10(2)9-17(7-5-6-14)13-15-11(3)8-12(4)16-13/h8,10H,5,7,9H2,1-4H3. The minimum Gasteiger partial charge on any atom is -0.340 e. The van der Waals surface area contributed by atoms with E-state index in [2.05, 4.69) is 34.8 Å². The van der Waals surface area contributed by atoms with Crippen molar-refractivity contribution in [2.45, 2.75) is 34.1 Å². The molecule has 0 unspecified atom stereocenters. The zero-order chi connectivity index (χ0) is 12.8. The largest absolute Gasteiger partial charge is 0.340 e. The van der Waals surface area contributed by atoms with Crippen LogP contribution in [0.5, 0.6) is 0 Å². The van der Waals surface area contributed by atoms with Crippen molar-refractivity contribution < 1.29 is 0 Å². The number of hydrogen-bond donors (Lipinski definition) is 0. The minimum atomic E-state index is 0.503. The van der Waals surface area contributed by atoms with Gasteiger partial charge in [0, 0.05) is 24.5 Å². The summed E-state index contributed by atoms with van der Waals surface area (Å²) < 4.78 is 0. The summed E-state index contributed by atoms with van der Waals surface area (Å²) in [5.74, 6) is 1.27. The van der Waals surface area contributed by atoms with E-state index in [9.17, 15) is 0 Å². The van der Waals surface area contributed by atoms with Crippen LogP contribution in [0.2, 0.25) is 0 Å². The van der Waals surface area contributed by atoms with Crippen LogP contribution in [0, 0.1) is 31.1 Å². The van der Waals surface area contributed by atoms with Crippen molar-refractivity contribution in [3.63, 3.8) is 0 Å². The third-order valence-electron chi connectivity index (χ3n) is 2.33. The summed E-state index contributed by atoms with van der Waals surface area (Å²) in [7, 11) is 0. The lowest BCUT2D eigenvalue weighted by Gasteiger charge is -2.24. The van der Waals surface area contributed by atoms with Gasteiger partial charge in [-0.3, -0.25) is 0 Å². The van der Waals surface area contributed by atoms with Crippen LogP contribution in [0.15, 0.2) is 6.07 Å². The first kappa shape index (κ1) is 13.4. The van der Waals surface area contributed by atoms with Crippen LogP contribution >= 0.6 is 0 Å². The fourth-order valence-electron chi connectivity index (χ4n) is 1.75. The number of rotatable bonds is 5. The maximum atomic E-state index is 8.69. The zero-order valence-electron chi connectivity index (χ0n) is 11.1. The van der Waals surface area contributed by atoms with Gasteiger partial charge in [0.2, 0.25) is 5.95 Å². The summed E-state index contributed by atoms with van der Waals surface area (Å²) in [5, 5.41) is 8.69. The number of aryl methyl sites for hydroxylation is 2. The van der Waals surface area contributed by atoms with Crippen LogP contribution < -0.4 is 4.90 Å². The van der Waals surface area contributed by atoms with Crippen molar-refractivity contribution in [1.29, 1.82) is 5.26 Å². The summed E-state index contributed by atoms with van der Waals surface area (Å²) in [6.45, 7) is 9.82. The molecule has 0 bridgehead atoms. The smallest absolute Gasteiger partial charge is 0.225 e. The van der Waals surface area contributed by atoms with Crippen molar-refractivity contribution in [3.8, 4) is 6.07 Å². The number of nitrogens with zero attached hydrogens (tertiary/aromatic N) is 4. The Kier molecular flexibility index (Phi) is 4.89. The number of hydrogen-bond acceptors (Lipinski definition) is 4. The minimum absolute atomic E-state index is 0.503. The molecule has 0 N–H and O–H groups in total. The predicted molar refractivity (Wildman–Crippen MR) is 68.8 cm³/mol. The van der Waals surface area contributed by atoms with Gasteiger partial charge in [-0.25, -0.2) is 9.97 Å². The second-order valence-corrected chi connectivity index (χ2v) is 4.70. The molecule has 0 atom stereocenters. The normalized spacial score (nSPS) is 10.4. The molecule has 4 nitrogen and oxygen atoms in total. The molecule has 0 amide bonds. The third-order valence-corrected chi connectivity index (χ3v) is 2.33. The second kappa shape index (κ2) is 6.19. The first-order chi connectivity index (χ1) is 8.02. The van der Waals surface area contributed by atoms with Crippen molar-refractivity contribution in [3.05, 3.63) is 17.5 Å². The molecule has 0 saturated heterocycles. The molecule has 1 aromatic heterocycles. The van der Waals surface area contributed by atoms with Gasteiger partial charge >= 0.3 is 0 Å². The lowest BCUT2D eigenvalue weighted by atomic mass is 10.2. The summed E-state index contributed by atoms with van der Waals surface area (Å²) in [5.41, 5.74) is 1.94. The van der Waals surface area contributed by atoms with Crippen molar-refractivity contribution in [2.75, 3.05) is 18.0 Å². The lowest BCUT2D eigenvalue weighted by Crippen LogP contribution is -2.30. The third kappa shape index (κ3) is 4.39. The molecular weight excluding hydrogens is 212 g/mol. The van der Waals surface area contributed by atoms with Crippen LogP contribution in [-0.2, 0) is 0 Å². The molecule has 17 heavy (non-hydrogen) atoms. The fraction of sp³-hybridized carbons (Fsp3) is 0.615. The maximum Gasteiger partial charge on any atom is 0.225 e. The lowest BCUT2D eigenvalue weighted by molar-refractivity contribution is 0.601. The fourth-order valence-corrected chi connectivity index (χ4v) is 1.75. The molecule has 92 valence electrons. The molecule has 0 radical (unpaired) electrons. The van der Waals surface area contributed by atoms with Gasteiger partial charge in [0.15, 0.2) is 0 Å². The first-order valence-corrected chi connectivity index (χ1v) is 5.97. The highest BCUT2D eigenvalue weighted by Crippen LogP contribution is 2.12. The Morgan fingerprint density at radius 3 is 2.35 bits per heavy atom. The van der Waals surface area contributed by atoms with Gasteiger partial charge in [0.1, 0.15) is 0 Å². The van der Waals surface area contributed by atoms with Crippen molar-refractivity contribution in [2.24, 2.45) is 5.92 Å². The molecule has 0 spiro atoms. The average molecular weight is 232 g/mol. The highest BCUT2D eigenvalue weighted by molar-refractivity contribution is 5.32. The molecule has 1 rings (SSSR count). The van der Waals surface area contributed by atoms with Gasteiger partial charge in [0.25, 0.3) is 0 Å². The Balaban J connectivity index is 2.91. The Bertz CT molecular complexity index is 386. The van der Waals surface area contributed by atoms with E-state index in [1.807, 2.05) is 19.9 Å². The molecule has 0 aliphatic heterocycles. The molecule has 4 heteroatoms. The van der Waals surface area contributed by atoms with Crippen LogP contribution in [0.1, 0.15) is 31.7 Å². The van der Waals surface area contributed by atoms with Crippen LogP contribution in [-0.4, -0.2) is 23.1 Å².